The van der Waals surface area contributed by atoms with Crippen LogP contribution in [0.2, 0.25) is 0 Å². The molecule has 0 saturated heterocycles. The molecule has 6 N–H and O–H groups in total. The first-order valence-electron chi connectivity index (χ1n) is 18.6. The number of nitrogens with one attached hydrogen (secondary N) is 2. The van der Waals surface area contributed by atoms with Crippen molar-refractivity contribution < 1.29 is 61.3 Å². The van der Waals surface area contributed by atoms with Gasteiger partial charge in [0.05, 0.1) is 45.0 Å². The minimum absolute atomic E-state index is 0. The molecule has 294 valence electrons. The predicted molar refractivity (Wildman–Crippen MR) is 228 cm³/mol. The van der Waals surface area contributed by atoms with Gasteiger partial charge in [-0.1, -0.05) is 72.8 Å². The van der Waals surface area contributed by atoms with E-state index in [1.54, 1.807) is 121 Å². The number of hydrogen-bond acceptors (Lipinski definition) is 6. The van der Waals surface area contributed by atoms with E-state index in [0.717, 1.165) is 0 Å². The summed E-state index contributed by atoms with van der Waals surface area (Å²) in [6, 6.07) is 33.1. The van der Waals surface area contributed by atoms with Gasteiger partial charge < -0.3 is 30.4 Å². The number of carboxylic acids is 4. The van der Waals surface area contributed by atoms with Crippen LogP contribution in [-0.4, -0.2) is 64.2 Å². The minimum atomic E-state index is -1.17. The number of benzene rings is 4. The van der Waals surface area contributed by atoms with Crippen molar-refractivity contribution in [3.05, 3.63) is 166 Å². The predicted octanol–water partition coefficient (Wildman–Crippen LogP) is 10.1. The van der Waals surface area contributed by atoms with E-state index in [1.165, 1.54) is 24.3 Å². The van der Waals surface area contributed by atoms with E-state index >= 15 is 0 Å². The van der Waals surface area contributed by atoms with Crippen molar-refractivity contribution in [2.45, 2.75) is 0 Å². The van der Waals surface area contributed by atoms with Gasteiger partial charge in [-0.05, 0) is 72.8 Å². The number of aromatic amines is 2. The van der Waals surface area contributed by atoms with Crippen molar-refractivity contribution in [2.75, 3.05) is 0 Å². The Kier molecular flexibility index (Phi) is 10.5. The van der Waals surface area contributed by atoms with Crippen LogP contribution in [0.4, 0.5) is 0 Å². The Morgan fingerprint density at radius 2 is 0.557 bits per heavy atom. The number of nitrogens with zero attached hydrogens (tertiary/aromatic N) is 2. The quantitative estimate of drug-likeness (QED) is 0.0798. The maximum atomic E-state index is 12.7. The van der Waals surface area contributed by atoms with Gasteiger partial charge in [0.25, 0.3) is 0 Å². The van der Waals surface area contributed by atoms with E-state index in [0.29, 0.717) is 89.4 Å². The Morgan fingerprint density at radius 1 is 0.344 bits per heavy atom. The smallest absolute Gasteiger partial charge is 0.336 e. The van der Waals surface area contributed by atoms with Crippen molar-refractivity contribution >= 4 is 70.2 Å². The molecule has 0 saturated carbocycles. The Bertz CT molecular complexity index is 2830. The number of aromatic nitrogens is 4. The van der Waals surface area contributed by atoms with Gasteiger partial charge in [-0.3, -0.25) is 0 Å². The molecule has 3 aromatic heterocycles. The van der Waals surface area contributed by atoms with Gasteiger partial charge in [0.15, 0.2) is 0 Å². The summed E-state index contributed by atoms with van der Waals surface area (Å²) < 4.78 is 0. The van der Waals surface area contributed by atoms with Crippen molar-refractivity contribution in [1.82, 2.24) is 19.9 Å². The second-order valence-electron chi connectivity index (χ2n) is 13.9. The first-order valence-corrected chi connectivity index (χ1v) is 18.6. The maximum absolute atomic E-state index is 12.7. The SMILES string of the molecule is O=C(O)c1ccccc1-c1c2nc(c(-c3ccccc3C(=O)O)c3ccc([nH]3)c(-c3ccccc3C(=O)O)c3nc(c(-c4ccccc4C(=O)O)c4ccc1[nH]4)C=C3)C=C2.[Ti]. The minimum Gasteiger partial charge on any atom is -0.478 e. The van der Waals surface area contributed by atoms with Crippen LogP contribution in [0.3, 0.4) is 0 Å². The molecule has 12 nitrogen and oxygen atoms in total. The molecule has 0 unspecified atom stereocenters. The van der Waals surface area contributed by atoms with Gasteiger partial charge in [0.2, 0.25) is 0 Å². The van der Waals surface area contributed by atoms with E-state index in [1.807, 2.05) is 0 Å². The van der Waals surface area contributed by atoms with Crippen LogP contribution in [0.25, 0.3) is 90.9 Å². The number of carboxylic acid groups (broad SMARTS) is 4. The molecule has 61 heavy (non-hydrogen) atoms. The summed E-state index contributed by atoms with van der Waals surface area (Å²) in [5.41, 5.74) is 6.29. The van der Waals surface area contributed by atoms with E-state index < -0.39 is 23.9 Å². The third kappa shape index (κ3) is 7.05. The first kappa shape index (κ1) is 39.9. The zero-order chi connectivity index (χ0) is 41.7. The fraction of sp³-hybridized carbons (Fsp3) is 0. The van der Waals surface area contributed by atoms with Crippen molar-refractivity contribution in [2.24, 2.45) is 0 Å². The first-order chi connectivity index (χ1) is 29.1. The molecule has 13 heteroatoms. The normalized spacial score (nSPS) is 11.5. The molecular weight excluding hydrogens is 808 g/mol. The molecule has 2 aliphatic heterocycles. The summed E-state index contributed by atoms with van der Waals surface area (Å²) in [6.07, 6.45) is 6.91. The molecular formula is C48H30N4O8Ti. The number of hydrogen-bond donors (Lipinski definition) is 6. The third-order valence-electron chi connectivity index (χ3n) is 10.5. The zero-order valence-corrected chi connectivity index (χ0v) is 33.2. The fourth-order valence-corrected chi connectivity index (χ4v) is 7.89. The summed E-state index contributed by atoms with van der Waals surface area (Å²) in [7, 11) is 0. The number of H-pyrrole nitrogens is 2. The molecule has 0 atom stereocenters. The van der Waals surface area contributed by atoms with E-state index in [-0.39, 0.29) is 44.0 Å². The topological polar surface area (TPSA) is 207 Å². The summed E-state index contributed by atoms with van der Waals surface area (Å²) in [5, 5.41) is 41.5. The van der Waals surface area contributed by atoms with E-state index in [2.05, 4.69) is 9.97 Å². The maximum Gasteiger partial charge on any atom is 0.336 e. The number of fused-ring (bicyclic) bond motifs is 8. The fourth-order valence-electron chi connectivity index (χ4n) is 7.89. The number of rotatable bonds is 8. The summed E-state index contributed by atoms with van der Waals surface area (Å²) >= 11 is 0. The van der Waals surface area contributed by atoms with Crippen molar-refractivity contribution in [3.8, 4) is 44.5 Å². The molecule has 0 spiro atoms. The van der Waals surface area contributed by atoms with Gasteiger partial charge >= 0.3 is 23.9 Å². The molecule has 2 aliphatic rings. The second kappa shape index (κ2) is 16.0. The summed E-state index contributed by atoms with van der Waals surface area (Å²) in [4.78, 5) is 67.9. The Labute approximate surface area is 360 Å². The number of carbonyl (C=O) groups is 4. The summed E-state index contributed by atoms with van der Waals surface area (Å²) in [6.45, 7) is 0. The van der Waals surface area contributed by atoms with Crippen LogP contribution in [0, 0.1) is 0 Å². The van der Waals surface area contributed by atoms with Gasteiger partial charge in [-0.15, -0.1) is 0 Å². The van der Waals surface area contributed by atoms with E-state index in [4.69, 9.17) is 9.97 Å². The molecule has 0 radical (unpaired) electrons. The monoisotopic (exact) mass is 838 g/mol. The van der Waals surface area contributed by atoms with E-state index in [9.17, 15) is 39.6 Å². The average molecular weight is 839 g/mol. The van der Waals surface area contributed by atoms with Gasteiger partial charge in [0.1, 0.15) is 0 Å². The van der Waals surface area contributed by atoms with Crippen LogP contribution >= 0.6 is 0 Å². The van der Waals surface area contributed by atoms with Crippen LogP contribution in [-0.2, 0) is 21.7 Å². The van der Waals surface area contributed by atoms with Crippen molar-refractivity contribution in [3.63, 3.8) is 0 Å². The molecule has 0 aliphatic carbocycles. The zero-order valence-electron chi connectivity index (χ0n) is 31.7. The Morgan fingerprint density at radius 3 is 0.770 bits per heavy atom. The molecule has 5 heterocycles. The third-order valence-corrected chi connectivity index (χ3v) is 10.5. The van der Waals surface area contributed by atoms with Crippen LogP contribution < -0.4 is 0 Å². The standard InChI is InChI=1S/C48H30N4O8.Ti/c53-45(54)29-13-5-1-9-25(29)41-33-17-19-35(49-33)42(26-10-2-6-14-30(26)46(55)56)37-21-23-39(51-37)44(28-12-4-8-16-32(28)48(59)60)40-24-22-38(52-40)43(36-20-18-34(41)50-36)27-11-3-7-15-31(27)47(57)58;/h1-24,49,52H,(H,53,54)(H,55,56)(H,57,58)(H,59,60);. The largest absolute Gasteiger partial charge is 0.478 e. The Balaban J connectivity index is 0.00000514. The average Bonchev–Trinajstić information content (AvgIpc) is 4.09. The summed E-state index contributed by atoms with van der Waals surface area (Å²) in [5.74, 6) is -4.67. The molecule has 0 fully saturated rings. The van der Waals surface area contributed by atoms with Gasteiger partial charge in [0, 0.05) is 88.3 Å². The molecule has 9 rings (SSSR count). The van der Waals surface area contributed by atoms with Crippen LogP contribution in [0.1, 0.15) is 64.2 Å². The molecule has 7 aromatic rings. The van der Waals surface area contributed by atoms with Gasteiger partial charge in [-0.2, -0.15) is 0 Å². The molecule has 4 aromatic carbocycles. The molecule has 8 bridgehead atoms. The van der Waals surface area contributed by atoms with Crippen LogP contribution in [0.5, 0.6) is 0 Å². The van der Waals surface area contributed by atoms with Gasteiger partial charge in [-0.25, -0.2) is 29.1 Å². The number of aromatic carboxylic acids is 4. The second-order valence-corrected chi connectivity index (χ2v) is 13.9. The van der Waals surface area contributed by atoms with Crippen LogP contribution in [0.15, 0.2) is 121 Å². The van der Waals surface area contributed by atoms with Crippen molar-refractivity contribution in [1.29, 1.82) is 0 Å². The Hall–Kier alpha value is -7.93. The molecule has 0 amide bonds.